The van der Waals surface area contributed by atoms with E-state index in [9.17, 15) is 13.6 Å². The molecule has 1 aliphatic rings. The standard InChI is InChI=1S/C11H7ClF2N2O2S/c12-6-4-15-16-2-1-11(13,14)9-5(8(6)16)3-7(19-9)10(17)18/h3-4H,1-2H2,(H,17,18). The van der Waals surface area contributed by atoms with Crippen molar-refractivity contribution >= 4 is 28.9 Å². The number of fused-ring (bicyclic) bond motifs is 3. The van der Waals surface area contributed by atoms with Gasteiger partial charge in [0.1, 0.15) is 4.88 Å². The van der Waals surface area contributed by atoms with E-state index in [1.165, 1.54) is 16.9 Å². The SMILES string of the molecule is O=C(O)c1cc2c(s1)C(F)(F)CCn1ncc(Cl)c1-2. The number of rotatable bonds is 1. The minimum Gasteiger partial charge on any atom is -0.477 e. The maximum atomic E-state index is 14.0. The van der Waals surface area contributed by atoms with Crippen LogP contribution in [0.25, 0.3) is 11.3 Å². The van der Waals surface area contributed by atoms with Gasteiger partial charge in [0.05, 0.1) is 21.8 Å². The zero-order valence-electron chi connectivity index (χ0n) is 9.36. The quantitative estimate of drug-likeness (QED) is 0.878. The molecule has 0 saturated heterocycles. The first kappa shape index (κ1) is 12.6. The summed E-state index contributed by atoms with van der Waals surface area (Å²) in [7, 11) is 0. The molecule has 0 amide bonds. The first-order valence-corrected chi connectivity index (χ1v) is 6.56. The van der Waals surface area contributed by atoms with E-state index >= 15 is 0 Å². The Balaban J connectivity index is 2.31. The highest BCUT2D eigenvalue weighted by Gasteiger charge is 2.40. The number of halogens is 3. The van der Waals surface area contributed by atoms with Crippen LogP contribution in [-0.4, -0.2) is 20.9 Å². The lowest BCUT2D eigenvalue weighted by Gasteiger charge is -2.12. The van der Waals surface area contributed by atoms with E-state index in [1.54, 1.807) is 0 Å². The Morgan fingerprint density at radius 1 is 1.58 bits per heavy atom. The summed E-state index contributed by atoms with van der Waals surface area (Å²) in [6, 6.07) is 1.24. The Labute approximate surface area is 115 Å². The van der Waals surface area contributed by atoms with Crippen molar-refractivity contribution < 1.29 is 18.7 Å². The molecule has 19 heavy (non-hydrogen) atoms. The number of carboxylic acid groups (broad SMARTS) is 1. The van der Waals surface area contributed by atoms with Crippen molar-refractivity contribution in [2.45, 2.75) is 18.9 Å². The summed E-state index contributed by atoms with van der Waals surface area (Å²) in [5.41, 5.74) is 0.519. The summed E-state index contributed by atoms with van der Waals surface area (Å²) in [5, 5.41) is 13.1. The second-order valence-corrected chi connectivity index (χ2v) is 5.64. The molecular formula is C11H7ClF2N2O2S. The van der Waals surface area contributed by atoms with Gasteiger partial charge in [-0.15, -0.1) is 11.3 Å². The van der Waals surface area contributed by atoms with E-state index in [2.05, 4.69) is 5.10 Å². The third-order valence-corrected chi connectivity index (χ3v) is 4.47. The van der Waals surface area contributed by atoms with E-state index in [-0.39, 0.29) is 26.9 Å². The predicted octanol–water partition coefficient (Wildman–Crippen LogP) is 3.46. The van der Waals surface area contributed by atoms with Gasteiger partial charge in [-0.2, -0.15) is 5.10 Å². The Bertz CT molecular complexity index is 680. The third kappa shape index (κ3) is 1.84. The van der Waals surface area contributed by atoms with Crippen LogP contribution in [0.2, 0.25) is 5.02 Å². The van der Waals surface area contributed by atoms with Gasteiger partial charge in [0, 0.05) is 18.5 Å². The largest absolute Gasteiger partial charge is 0.477 e. The summed E-state index contributed by atoms with van der Waals surface area (Å²) in [6.45, 7) is 0.0405. The minimum atomic E-state index is -3.07. The molecule has 2 aromatic rings. The van der Waals surface area contributed by atoms with Gasteiger partial charge in [0.2, 0.25) is 0 Å². The zero-order chi connectivity index (χ0) is 13.8. The number of hydrogen-bond donors (Lipinski definition) is 1. The van der Waals surface area contributed by atoms with Gasteiger partial charge in [-0.25, -0.2) is 13.6 Å². The summed E-state index contributed by atoms with van der Waals surface area (Å²) in [4.78, 5) is 10.6. The predicted molar refractivity (Wildman–Crippen MR) is 66.0 cm³/mol. The Morgan fingerprint density at radius 3 is 3.00 bits per heavy atom. The lowest BCUT2D eigenvalue weighted by atomic mass is 10.1. The van der Waals surface area contributed by atoms with Gasteiger partial charge in [0.15, 0.2) is 0 Å². The first-order valence-electron chi connectivity index (χ1n) is 5.37. The summed E-state index contributed by atoms with van der Waals surface area (Å²) < 4.78 is 29.5. The Kier molecular flexibility index (Phi) is 2.65. The molecule has 0 unspecified atom stereocenters. The van der Waals surface area contributed by atoms with Crippen LogP contribution in [0, 0.1) is 0 Å². The highest BCUT2D eigenvalue weighted by atomic mass is 35.5. The number of aryl methyl sites for hydroxylation is 1. The van der Waals surface area contributed by atoms with Crippen LogP contribution in [0.3, 0.4) is 0 Å². The molecule has 0 saturated carbocycles. The second kappa shape index (κ2) is 4.01. The van der Waals surface area contributed by atoms with Crippen LogP contribution in [0.5, 0.6) is 0 Å². The van der Waals surface area contributed by atoms with Crippen LogP contribution in [0.4, 0.5) is 8.78 Å². The molecule has 0 aromatic carbocycles. The van der Waals surface area contributed by atoms with E-state index in [0.29, 0.717) is 17.0 Å². The van der Waals surface area contributed by atoms with Gasteiger partial charge >= 0.3 is 5.97 Å². The third-order valence-electron chi connectivity index (χ3n) is 2.96. The maximum Gasteiger partial charge on any atom is 0.345 e. The molecule has 0 aliphatic carbocycles. The molecule has 1 aliphatic heterocycles. The van der Waals surface area contributed by atoms with Gasteiger partial charge in [-0.1, -0.05) is 11.6 Å². The van der Waals surface area contributed by atoms with E-state index in [4.69, 9.17) is 16.7 Å². The van der Waals surface area contributed by atoms with E-state index in [1.807, 2.05) is 0 Å². The summed E-state index contributed by atoms with van der Waals surface area (Å²) >= 11 is 6.56. The number of thiophene rings is 1. The Hall–Kier alpha value is -1.47. The first-order chi connectivity index (χ1) is 8.90. The molecule has 0 bridgehead atoms. The fourth-order valence-corrected chi connectivity index (χ4v) is 3.35. The van der Waals surface area contributed by atoms with Crippen LogP contribution in [0.1, 0.15) is 21.0 Å². The molecule has 0 spiro atoms. The molecule has 1 N–H and O–H groups in total. The Morgan fingerprint density at radius 2 is 2.32 bits per heavy atom. The molecule has 0 fully saturated rings. The molecule has 0 atom stereocenters. The topological polar surface area (TPSA) is 55.1 Å². The van der Waals surface area contributed by atoms with Gasteiger partial charge in [-0.05, 0) is 6.07 Å². The highest BCUT2D eigenvalue weighted by Crippen LogP contribution is 2.47. The lowest BCUT2D eigenvalue weighted by Crippen LogP contribution is -2.13. The highest BCUT2D eigenvalue weighted by molar-refractivity contribution is 7.14. The van der Waals surface area contributed by atoms with Crippen molar-refractivity contribution in [2.24, 2.45) is 0 Å². The number of aromatic carboxylic acids is 1. The molecule has 2 aromatic heterocycles. The molecule has 0 radical (unpaired) electrons. The molecular weight excluding hydrogens is 298 g/mol. The number of hydrogen-bond acceptors (Lipinski definition) is 3. The molecule has 3 rings (SSSR count). The van der Waals surface area contributed by atoms with Crippen molar-refractivity contribution in [3.63, 3.8) is 0 Å². The number of nitrogens with zero attached hydrogens (tertiary/aromatic N) is 2. The average molecular weight is 305 g/mol. The van der Waals surface area contributed by atoms with E-state index in [0.717, 1.165) is 0 Å². The minimum absolute atomic E-state index is 0.0405. The normalized spacial score (nSPS) is 16.6. The van der Waals surface area contributed by atoms with Crippen molar-refractivity contribution in [1.82, 2.24) is 9.78 Å². The molecule has 4 nitrogen and oxygen atoms in total. The lowest BCUT2D eigenvalue weighted by molar-refractivity contribution is -0.0122. The fraction of sp³-hybridized carbons (Fsp3) is 0.273. The molecule has 8 heteroatoms. The second-order valence-electron chi connectivity index (χ2n) is 4.18. The zero-order valence-corrected chi connectivity index (χ0v) is 10.9. The van der Waals surface area contributed by atoms with Gasteiger partial charge in [-0.3, -0.25) is 4.68 Å². The van der Waals surface area contributed by atoms with Crippen LogP contribution in [0.15, 0.2) is 12.3 Å². The number of aromatic nitrogens is 2. The monoisotopic (exact) mass is 304 g/mol. The van der Waals surface area contributed by atoms with Crippen LogP contribution in [-0.2, 0) is 12.5 Å². The van der Waals surface area contributed by atoms with Crippen molar-refractivity contribution in [2.75, 3.05) is 0 Å². The fourth-order valence-electron chi connectivity index (χ4n) is 2.10. The van der Waals surface area contributed by atoms with Crippen LogP contribution < -0.4 is 0 Å². The van der Waals surface area contributed by atoms with Crippen molar-refractivity contribution in [1.29, 1.82) is 0 Å². The number of alkyl halides is 2. The van der Waals surface area contributed by atoms with Gasteiger partial charge < -0.3 is 5.11 Å². The maximum absolute atomic E-state index is 14.0. The molecule has 100 valence electrons. The molecule has 3 heterocycles. The smallest absolute Gasteiger partial charge is 0.345 e. The average Bonchev–Trinajstić information content (AvgIpc) is 2.88. The van der Waals surface area contributed by atoms with Gasteiger partial charge in [0.25, 0.3) is 5.92 Å². The summed E-state index contributed by atoms with van der Waals surface area (Å²) in [5.74, 6) is -4.30. The number of carboxylic acids is 1. The van der Waals surface area contributed by atoms with Crippen molar-refractivity contribution in [3.8, 4) is 11.3 Å². The van der Waals surface area contributed by atoms with E-state index < -0.39 is 18.3 Å². The van der Waals surface area contributed by atoms with Crippen molar-refractivity contribution in [3.05, 3.63) is 27.0 Å². The summed E-state index contributed by atoms with van der Waals surface area (Å²) in [6.07, 6.45) is 0.951. The number of carbonyl (C=O) groups is 1. The van der Waals surface area contributed by atoms with Crippen LogP contribution >= 0.6 is 22.9 Å².